The van der Waals surface area contributed by atoms with Gasteiger partial charge in [-0.1, -0.05) is 18.9 Å². The van der Waals surface area contributed by atoms with Crippen LogP contribution < -0.4 is 10.1 Å². The highest BCUT2D eigenvalue weighted by Gasteiger charge is 2.33. The van der Waals surface area contributed by atoms with Crippen LogP contribution in [0.2, 0.25) is 0 Å². The molecule has 0 bridgehead atoms. The number of rotatable bonds is 5. The molecule has 32 heavy (non-hydrogen) atoms. The standard InChI is InChI=1S/C25H30N4O3/c30-24(18-4-1-2-5-18)28-13-11-23(17-28)32-22-9-7-21(8-10-22)27-25(31)29-15-20(16-29)19-6-3-12-26-14-19/h3,6-10,12,14,18,20,23H,1-2,4-5,11,13,15-17H2,(H,27,31)/t23-/m1/s1. The van der Waals surface area contributed by atoms with Crippen molar-refractivity contribution in [1.82, 2.24) is 14.8 Å². The summed E-state index contributed by atoms with van der Waals surface area (Å²) in [5.74, 6) is 1.66. The van der Waals surface area contributed by atoms with Crippen LogP contribution in [-0.2, 0) is 4.79 Å². The Morgan fingerprint density at radius 3 is 2.47 bits per heavy atom. The second-order valence-electron chi connectivity index (χ2n) is 9.14. The van der Waals surface area contributed by atoms with Gasteiger partial charge in [-0.05, 0) is 48.7 Å². The molecule has 3 heterocycles. The first kappa shape index (κ1) is 20.8. The molecule has 168 valence electrons. The third-order valence-corrected chi connectivity index (χ3v) is 6.89. The van der Waals surface area contributed by atoms with Gasteiger partial charge in [0.2, 0.25) is 5.91 Å². The molecule has 1 aromatic heterocycles. The second kappa shape index (κ2) is 9.18. The normalized spacial score (nSPS) is 21.4. The molecule has 0 radical (unpaired) electrons. The molecule has 3 aliphatic rings. The highest BCUT2D eigenvalue weighted by Crippen LogP contribution is 2.29. The van der Waals surface area contributed by atoms with Gasteiger partial charge in [-0.2, -0.15) is 0 Å². The molecular formula is C25H30N4O3. The molecule has 0 spiro atoms. The molecule has 1 N–H and O–H groups in total. The Labute approximate surface area is 188 Å². The molecule has 2 aliphatic heterocycles. The first-order chi connectivity index (χ1) is 15.7. The number of anilines is 1. The van der Waals surface area contributed by atoms with Gasteiger partial charge < -0.3 is 19.9 Å². The molecule has 1 atom stereocenters. The predicted molar refractivity (Wildman–Crippen MR) is 122 cm³/mol. The molecule has 2 saturated heterocycles. The number of nitrogens with one attached hydrogen (secondary N) is 1. The van der Waals surface area contributed by atoms with Gasteiger partial charge >= 0.3 is 6.03 Å². The third-order valence-electron chi connectivity index (χ3n) is 6.89. The molecule has 5 rings (SSSR count). The number of amides is 3. The van der Waals surface area contributed by atoms with Crippen molar-refractivity contribution in [3.63, 3.8) is 0 Å². The van der Waals surface area contributed by atoms with E-state index in [1.54, 1.807) is 11.1 Å². The summed E-state index contributed by atoms with van der Waals surface area (Å²) < 4.78 is 6.10. The van der Waals surface area contributed by atoms with Crippen molar-refractivity contribution in [2.24, 2.45) is 5.92 Å². The number of hydrogen-bond acceptors (Lipinski definition) is 4. The van der Waals surface area contributed by atoms with E-state index in [1.165, 1.54) is 18.4 Å². The van der Waals surface area contributed by atoms with Crippen LogP contribution in [0, 0.1) is 5.92 Å². The molecule has 3 fully saturated rings. The van der Waals surface area contributed by atoms with E-state index in [-0.39, 0.29) is 18.1 Å². The second-order valence-corrected chi connectivity index (χ2v) is 9.14. The van der Waals surface area contributed by atoms with Gasteiger partial charge in [0.25, 0.3) is 0 Å². The van der Waals surface area contributed by atoms with E-state index in [2.05, 4.69) is 16.4 Å². The molecular weight excluding hydrogens is 404 g/mol. The number of hydrogen-bond donors (Lipinski definition) is 1. The monoisotopic (exact) mass is 434 g/mol. The van der Waals surface area contributed by atoms with Crippen LogP contribution in [-0.4, -0.2) is 59.0 Å². The van der Waals surface area contributed by atoms with Crippen molar-refractivity contribution in [1.29, 1.82) is 0 Å². The summed E-state index contributed by atoms with van der Waals surface area (Å²) >= 11 is 0. The average molecular weight is 435 g/mol. The number of pyridine rings is 1. The highest BCUT2D eigenvalue weighted by atomic mass is 16.5. The number of urea groups is 1. The number of nitrogens with zero attached hydrogens (tertiary/aromatic N) is 3. The van der Waals surface area contributed by atoms with E-state index in [4.69, 9.17) is 4.74 Å². The van der Waals surface area contributed by atoms with Crippen LogP contribution in [0.3, 0.4) is 0 Å². The summed E-state index contributed by atoms with van der Waals surface area (Å²) in [7, 11) is 0. The highest BCUT2D eigenvalue weighted by molar-refractivity contribution is 5.90. The predicted octanol–water partition coefficient (Wildman–Crippen LogP) is 3.88. The van der Waals surface area contributed by atoms with E-state index in [0.29, 0.717) is 31.5 Å². The Morgan fingerprint density at radius 2 is 1.75 bits per heavy atom. The fraction of sp³-hybridized carbons (Fsp3) is 0.480. The molecule has 2 aromatic rings. The maximum atomic E-state index is 12.6. The van der Waals surface area contributed by atoms with E-state index in [0.717, 1.165) is 37.2 Å². The van der Waals surface area contributed by atoms with Crippen molar-refractivity contribution < 1.29 is 14.3 Å². The Balaban J connectivity index is 1.07. The lowest BCUT2D eigenvalue weighted by atomic mass is 9.93. The first-order valence-corrected chi connectivity index (χ1v) is 11.7. The zero-order valence-corrected chi connectivity index (χ0v) is 18.3. The molecule has 1 aliphatic carbocycles. The van der Waals surface area contributed by atoms with Gasteiger partial charge in [-0.25, -0.2) is 4.79 Å². The topological polar surface area (TPSA) is 74.8 Å². The number of likely N-dealkylation sites (tertiary alicyclic amines) is 2. The fourth-order valence-electron chi connectivity index (χ4n) is 4.94. The Bertz CT molecular complexity index is 937. The van der Waals surface area contributed by atoms with Crippen molar-refractivity contribution in [3.8, 4) is 5.75 Å². The molecule has 1 saturated carbocycles. The van der Waals surface area contributed by atoms with Crippen molar-refractivity contribution >= 4 is 17.6 Å². The number of aromatic nitrogens is 1. The summed E-state index contributed by atoms with van der Waals surface area (Å²) in [6, 6.07) is 11.4. The van der Waals surface area contributed by atoms with Crippen molar-refractivity contribution in [2.75, 3.05) is 31.5 Å². The van der Waals surface area contributed by atoms with Crippen LogP contribution in [0.15, 0.2) is 48.8 Å². The molecule has 7 nitrogen and oxygen atoms in total. The van der Waals surface area contributed by atoms with Crippen LogP contribution in [0.25, 0.3) is 0 Å². The summed E-state index contributed by atoms with van der Waals surface area (Å²) in [6.07, 6.45) is 8.96. The zero-order chi connectivity index (χ0) is 21.9. The van der Waals surface area contributed by atoms with Gasteiger partial charge in [0.1, 0.15) is 11.9 Å². The third kappa shape index (κ3) is 4.56. The fourth-order valence-corrected chi connectivity index (χ4v) is 4.94. The van der Waals surface area contributed by atoms with Gasteiger partial charge in [0.15, 0.2) is 0 Å². The van der Waals surface area contributed by atoms with Crippen LogP contribution in [0.1, 0.15) is 43.6 Å². The minimum atomic E-state index is -0.0873. The van der Waals surface area contributed by atoms with Crippen LogP contribution in [0.4, 0.5) is 10.5 Å². The largest absolute Gasteiger partial charge is 0.489 e. The van der Waals surface area contributed by atoms with Gasteiger partial charge in [0.05, 0.1) is 6.54 Å². The summed E-state index contributed by atoms with van der Waals surface area (Å²) in [4.78, 5) is 33.0. The first-order valence-electron chi connectivity index (χ1n) is 11.7. The van der Waals surface area contributed by atoms with Gasteiger partial charge in [-0.15, -0.1) is 0 Å². The Hall–Kier alpha value is -3.09. The average Bonchev–Trinajstić information content (AvgIpc) is 3.47. The van der Waals surface area contributed by atoms with Gasteiger partial charge in [-0.3, -0.25) is 9.78 Å². The quantitative estimate of drug-likeness (QED) is 0.775. The number of benzene rings is 1. The molecule has 0 unspecified atom stereocenters. The zero-order valence-electron chi connectivity index (χ0n) is 18.3. The molecule has 7 heteroatoms. The lowest BCUT2D eigenvalue weighted by Gasteiger charge is -2.39. The molecule has 1 aromatic carbocycles. The lowest BCUT2D eigenvalue weighted by Crippen LogP contribution is -2.50. The minimum Gasteiger partial charge on any atom is -0.489 e. The summed E-state index contributed by atoms with van der Waals surface area (Å²) in [5, 5.41) is 2.95. The van der Waals surface area contributed by atoms with Crippen molar-refractivity contribution in [2.45, 2.75) is 44.1 Å². The van der Waals surface area contributed by atoms with Crippen LogP contribution in [0.5, 0.6) is 5.75 Å². The maximum Gasteiger partial charge on any atom is 0.321 e. The van der Waals surface area contributed by atoms with E-state index >= 15 is 0 Å². The molecule has 3 amide bonds. The Morgan fingerprint density at radius 1 is 0.969 bits per heavy atom. The number of carbonyl (C=O) groups excluding carboxylic acids is 2. The van der Waals surface area contributed by atoms with E-state index in [1.807, 2.05) is 41.4 Å². The Kier molecular flexibility index (Phi) is 5.97. The maximum absolute atomic E-state index is 12.6. The SMILES string of the molecule is O=C(Nc1ccc(O[C@@H]2CCN(C(=O)C3CCCC3)C2)cc1)N1CC(c2cccnc2)C1. The van der Waals surface area contributed by atoms with Crippen LogP contribution >= 0.6 is 0 Å². The van der Waals surface area contributed by atoms with Crippen molar-refractivity contribution in [3.05, 3.63) is 54.4 Å². The minimum absolute atomic E-state index is 0.0336. The number of ether oxygens (including phenoxy) is 1. The van der Waals surface area contributed by atoms with E-state index in [9.17, 15) is 9.59 Å². The smallest absolute Gasteiger partial charge is 0.321 e. The number of carbonyl (C=O) groups is 2. The summed E-state index contributed by atoms with van der Waals surface area (Å²) in [5.41, 5.74) is 1.92. The van der Waals surface area contributed by atoms with Gasteiger partial charge in [0, 0.05) is 56.0 Å². The lowest BCUT2D eigenvalue weighted by molar-refractivity contribution is -0.134. The summed E-state index contributed by atoms with van der Waals surface area (Å²) in [6.45, 7) is 2.86. The van der Waals surface area contributed by atoms with E-state index < -0.39 is 0 Å².